The number of aromatic nitrogens is 4. The molecule has 0 spiro atoms. The Morgan fingerprint density at radius 3 is 2.87 bits per heavy atom. The number of anilines is 1. The third kappa shape index (κ3) is 2.64. The average molecular weight is 348 g/mol. The van der Waals surface area contributed by atoms with Crippen LogP contribution in [-0.4, -0.2) is 26.6 Å². The van der Waals surface area contributed by atoms with E-state index in [0.717, 1.165) is 22.9 Å². The molecule has 118 valence electrons. The zero-order chi connectivity index (χ0) is 16.0. The second kappa shape index (κ2) is 5.65. The molecule has 0 bridgehead atoms. The van der Waals surface area contributed by atoms with Crippen LogP contribution in [0.2, 0.25) is 10.0 Å². The van der Waals surface area contributed by atoms with E-state index in [9.17, 15) is 0 Å². The first kappa shape index (κ1) is 14.7. The second-order valence-electron chi connectivity index (χ2n) is 5.85. The lowest BCUT2D eigenvalue weighted by Crippen LogP contribution is -2.19. The molecule has 0 saturated heterocycles. The predicted octanol–water partition coefficient (Wildman–Crippen LogP) is 3.94. The number of rotatable bonds is 4. The molecule has 0 amide bonds. The van der Waals surface area contributed by atoms with Crippen molar-refractivity contribution >= 4 is 34.7 Å². The molecule has 4 rings (SSSR count). The largest absolute Gasteiger partial charge is 0.352 e. The summed E-state index contributed by atoms with van der Waals surface area (Å²) in [6.45, 7) is 0.595. The zero-order valence-electron chi connectivity index (χ0n) is 12.6. The number of hydrogen-bond acceptors (Lipinski definition) is 4. The van der Waals surface area contributed by atoms with Crippen LogP contribution in [0.5, 0.6) is 0 Å². The Labute approximate surface area is 143 Å². The molecule has 0 unspecified atom stereocenters. The maximum atomic E-state index is 6.28. The highest BCUT2D eigenvalue weighted by Gasteiger charge is 2.29. The van der Waals surface area contributed by atoms with Crippen molar-refractivity contribution in [3.05, 3.63) is 52.0 Å². The lowest BCUT2D eigenvalue weighted by Gasteiger charge is -2.19. The minimum absolute atomic E-state index is 0.535. The maximum Gasteiger partial charge on any atom is 0.203 e. The monoisotopic (exact) mass is 347 g/mol. The van der Waals surface area contributed by atoms with Crippen molar-refractivity contribution in [2.24, 2.45) is 0 Å². The van der Waals surface area contributed by atoms with E-state index in [0.29, 0.717) is 22.5 Å². The third-order valence-electron chi connectivity index (χ3n) is 4.08. The summed E-state index contributed by atoms with van der Waals surface area (Å²) in [5, 5.41) is 9.81. The van der Waals surface area contributed by atoms with Crippen LogP contribution in [0.15, 0.2) is 30.6 Å². The van der Waals surface area contributed by atoms with Crippen molar-refractivity contribution in [2.75, 3.05) is 11.9 Å². The Balaban J connectivity index is 1.69. The van der Waals surface area contributed by atoms with Crippen LogP contribution >= 0.6 is 23.2 Å². The lowest BCUT2D eigenvalue weighted by molar-refractivity contribution is 0.877. The minimum Gasteiger partial charge on any atom is -0.352 e. The summed E-state index contributed by atoms with van der Waals surface area (Å²) >= 11 is 12.4. The first-order valence-electron chi connectivity index (χ1n) is 7.49. The van der Waals surface area contributed by atoms with Crippen LogP contribution in [0, 0.1) is 0 Å². The van der Waals surface area contributed by atoms with Gasteiger partial charge in [-0.1, -0.05) is 35.3 Å². The van der Waals surface area contributed by atoms with Crippen molar-refractivity contribution in [1.29, 1.82) is 0 Å². The van der Waals surface area contributed by atoms with E-state index in [2.05, 4.69) is 15.2 Å². The fraction of sp³-hybridized carbons (Fsp3) is 0.312. The number of nitrogens with zero attached hydrogens (tertiary/aromatic N) is 5. The molecule has 2 heterocycles. The van der Waals surface area contributed by atoms with Gasteiger partial charge < -0.3 is 4.90 Å². The molecule has 2 aromatic heterocycles. The molecule has 1 aliphatic carbocycles. The summed E-state index contributed by atoms with van der Waals surface area (Å²) in [5.74, 6) is 2.34. The third-order valence-corrected chi connectivity index (χ3v) is 4.94. The van der Waals surface area contributed by atoms with Gasteiger partial charge in [-0.25, -0.2) is 4.98 Å². The minimum atomic E-state index is 0.535. The highest BCUT2D eigenvalue weighted by Crippen LogP contribution is 2.39. The molecular formula is C16H15Cl2N5. The van der Waals surface area contributed by atoms with Crippen LogP contribution < -0.4 is 4.90 Å². The zero-order valence-corrected chi connectivity index (χ0v) is 14.1. The van der Waals surface area contributed by atoms with Gasteiger partial charge in [0, 0.05) is 31.9 Å². The van der Waals surface area contributed by atoms with E-state index in [1.165, 1.54) is 12.8 Å². The number of fused-ring (bicyclic) bond motifs is 1. The molecule has 1 saturated carbocycles. The summed E-state index contributed by atoms with van der Waals surface area (Å²) in [6.07, 6.45) is 6.08. The van der Waals surface area contributed by atoms with Crippen LogP contribution in [0.3, 0.4) is 0 Å². The van der Waals surface area contributed by atoms with E-state index in [1.807, 2.05) is 34.7 Å². The summed E-state index contributed by atoms with van der Waals surface area (Å²) in [6, 6.07) is 5.64. The molecule has 3 aromatic rings. The van der Waals surface area contributed by atoms with Gasteiger partial charge in [0.1, 0.15) is 5.82 Å². The van der Waals surface area contributed by atoms with Crippen LogP contribution in [-0.2, 0) is 6.54 Å². The standard InChI is InChI=1S/C16H15Cl2N5/c1-22(9-11-3-2-4-12(17)13(11)18)15-16-21-20-14(10-5-6-10)23(16)8-7-19-15/h2-4,7-8,10H,5-6,9H2,1H3. The van der Waals surface area contributed by atoms with Crippen molar-refractivity contribution in [3.8, 4) is 0 Å². The number of hydrogen-bond donors (Lipinski definition) is 0. The average Bonchev–Trinajstić information content (AvgIpc) is 3.30. The topological polar surface area (TPSA) is 46.3 Å². The van der Waals surface area contributed by atoms with Crippen molar-refractivity contribution in [1.82, 2.24) is 19.6 Å². The second-order valence-corrected chi connectivity index (χ2v) is 6.63. The maximum absolute atomic E-state index is 6.28. The Hall–Kier alpha value is -1.85. The Morgan fingerprint density at radius 2 is 2.09 bits per heavy atom. The molecule has 7 heteroatoms. The van der Waals surface area contributed by atoms with Crippen LogP contribution in [0.4, 0.5) is 5.82 Å². The van der Waals surface area contributed by atoms with Gasteiger partial charge in [-0.05, 0) is 24.5 Å². The van der Waals surface area contributed by atoms with Crippen molar-refractivity contribution in [3.63, 3.8) is 0 Å². The van der Waals surface area contributed by atoms with Gasteiger partial charge in [0.25, 0.3) is 0 Å². The van der Waals surface area contributed by atoms with Gasteiger partial charge >= 0.3 is 0 Å². The lowest BCUT2D eigenvalue weighted by atomic mass is 10.2. The fourth-order valence-corrected chi connectivity index (χ4v) is 3.10. The smallest absolute Gasteiger partial charge is 0.203 e. The van der Waals surface area contributed by atoms with Gasteiger partial charge in [0.15, 0.2) is 5.82 Å². The Kier molecular flexibility index (Phi) is 3.62. The number of halogens is 2. The Morgan fingerprint density at radius 1 is 1.26 bits per heavy atom. The van der Waals surface area contributed by atoms with Gasteiger partial charge in [-0.2, -0.15) is 0 Å². The van der Waals surface area contributed by atoms with Crippen molar-refractivity contribution in [2.45, 2.75) is 25.3 Å². The molecule has 1 fully saturated rings. The summed E-state index contributed by atoms with van der Waals surface area (Å²) in [4.78, 5) is 6.49. The molecule has 1 aromatic carbocycles. The normalized spacial score (nSPS) is 14.4. The SMILES string of the molecule is CN(Cc1cccc(Cl)c1Cl)c1nccn2c(C3CC3)nnc12. The van der Waals surface area contributed by atoms with Gasteiger partial charge in [-0.3, -0.25) is 4.40 Å². The van der Waals surface area contributed by atoms with Crippen LogP contribution in [0.25, 0.3) is 5.65 Å². The molecule has 0 N–H and O–H groups in total. The molecular weight excluding hydrogens is 333 g/mol. The van der Waals surface area contributed by atoms with E-state index >= 15 is 0 Å². The van der Waals surface area contributed by atoms with E-state index in [1.54, 1.807) is 12.3 Å². The number of benzene rings is 1. The summed E-state index contributed by atoms with van der Waals surface area (Å²) < 4.78 is 2.04. The highest BCUT2D eigenvalue weighted by atomic mass is 35.5. The Bertz CT molecular complexity index is 872. The fourth-order valence-electron chi connectivity index (χ4n) is 2.72. The summed E-state index contributed by atoms with van der Waals surface area (Å²) in [5.41, 5.74) is 1.72. The van der Waals surface area contributed by atoms with Crippen molar-refractivity contribution < 1.29 is 0 Å². The van der Waals surface area contributed by atoms with Crippen LogP contribution in [0.1, 0.15) is 30.1 Å². The molecule has 0 atom stereocenters. The molecule has 1 aliphatic rings. The molecule has 5 nitrogen and oxygen atoms in total. The quantitative estimate of drug-likeness (QED) is 0.716. The van der Waals surface area contributed by atoms with Gasteiger partial charge in [-0.15, -0.1) is 10.2 Å². The summed E-state index contributed by atoms with van der Waals surface area (Å²) in [7, 11) is 1.96. The molecule has 0 aliphatic heterocycles. The first-order valence-corrected chi connectivity index (χ1v) is 8.24. The van der Waals surface area contributed by atoms with E-state index in [-0.39, 0.29) is 0 Å². The highest BCUT2D eigenvalue weighted by molar-refractivity contribution is 6.42. The molecule has 0 radical (unpaired) electrons. The van der Waals surface area contributed by atoms with E-state index < -0.39 is 0 Å². The van der Waals surface area contributed by atoms with E-state index in [4.69, 9.17) is 23.2 Å². The first-order chi connectivity index (χ1) is 11.1. The molecule has 23 heavy (non-hydrogen) atoms. The van der Waals surface area contributed by atoms with Gasteiger partial charge in [0.05, 0.1) is 10.0 Å². The van der Waals surface area contributed by atoms with Gasteiger partial charge in [0.2, 0.25) is 5.65 Å². The predicted molar refractivity (Wildman–Crippen MR) is 91.3 cm³/mol.